The Morgan fingerprint density at radius 1 is 1.00 bits per heavy atom. The van der Waals surface area contributed by atoms with Crippen LogP contribution >= 0.6 is 0 Å². The molecule has 1 heterocycles. The van der Waals surface area contributed by atoms with E-state index in [2.05, 4.69) is 0 Å². The number of ether oxygens (including phenoxy) is 1. The highest BCUT2D eigenvalue weighted by Gasteiger charge is 2.66. The second-order valence-electron chi connectivity index (χ2n) is 7.02. The Balaban J connectivity index is 1.34. The lowest BCUT2D eigenvalue weighted by Crippen LogP contribution is -2.31. The first-order valence-electron chi connectivity index (χ1n) is 7.68. The van der Waals surface area contributed by atoms with Crippen LogP contribution in [-0.2, 0) is 4.74 Å². The average molecular weight is 235 g/mol. The normalized spacial score (nSPS) is 50.3. The van der Waals surface area contributed by atoms with Crippen LogP contribution < -0.4 is 5.73 Å². The topological polar surface area (TPSA) is 35.2 Å². The van der Waals surface area contributed by atoms with Gasteiger partial charge in [0.05, 0.1) is 0 Å². The van der Waals surface area contributed by atoms with E-state index in [4.69, 9.17) is 10.5 Å². The Kier molecular flexibility index (Phi) is 2.52. The molecular formula is C15H25NO. The molecule has 0 radical (unpaired) electrons. The fraction of sp³-hybridized carbons (Fsp3) is 1.00. The number of nitrogens with two attached hydrogens (primary N) is 1. The number of hydrogen-bond acceptors (Lipinski definition) is 2. The van der Waals surface area contributed by atoms with Crippen LogP contribution in [0.15, 0.2) is 0 Å². The summed E-state index contributed by atoms with van der Waals surface area (Å²) < 4.78 is 5.44. The van der Waals surface area contributed by atoms with Crippen LogP contribution in [0.1, 0.15) is 38.5 Å². The molecule has 0 amide bonds. The van der Waals surface area contributed by atoms with Gasteiger partial charge in [-0.1, -0.05) is 0 Å². The molecule has 2 bridgehead atoms. The molecule has 0 aromatic rings. The molecule has 2 nitrogen and oxygen atoms in total. The Morgan fingerprint density at radius 3 is 2.29 bits per heavy atom. The highest BCUT2D eigenvalue weighted by molar-refractivity contribution is 5.15. The predicted octanol–water partition coefficient (Wildman–Crippen LogP) is 2.42. The van der Waals surface area contributed by atoms with Crippen LogP contribution in [-0.4, -0.2) is 19.3 Å². The third-order valence-corrected chi connectivity index (χ3v) is 6.24. The molecule has 17 heavy (non-hydrogen) atoms. The Hall–Kier alpha value is -0.0800. The SMILES string of the molecule is NC(CC1CCOCC1)C1C2C3CCC(C3)C12. The van der Waals surface area contributed by atoms with Crippen molar-refractivity contribution in [1.82, 2.24) is 0 Å². The van der Waals surface area contributed by atoms with Gasteiger partial charge in [-0.15, -0.1) is 0 Å². The van der Waals surface area contributed by atoms with E-state index < -0.39 is 0 Å². The zero-order valence-corrected chi connectivity index (χ0v) is 10.7. The molecular weight excluding hydrogens is 210 g/mol. The van der Waals surface area contributed by atoms with Crippen LogP contribution in [0.4, 0.5) is 0 Å². The Morgan fingerprint density at radius 2 is 1.65 bits per heavy atom. The lowest BCUT2D eigenvalue weighted by molar-refractivity contribution is 0.0605. The zero-order valence-electron chi connectivity index (χ0n) is 10.7. The molecule has 3 saturated carbocycles. The van der Waals surface area contributed by atoms with E-state index in [1.165, 1.54) is 32.1 Å². The molecule has 0 aromatic heterocycles. The van der Waals surface area contributed by atoms with Crippen LogP contribution in [0.3, 0.4) is 0 Å². The highest BCUT2D eigenvalue weighted by Crippen LogP contribution is 2.70. The van der Waals surface area contributed by atoms with Gasteiger partial charge in [-0.05, 0) is 74.0 Å². The van der Waals surface area contributed by atoms with Crippen molar-refractivity contribution < 1.29 is 4.74 Å². The van der Waals surface area contributed by atoms with Crippen molar-refractivity contribution in [2.75, 3.05) is 13.2 Å². The minimum atomic E-state index is 0.511. The van der Waals surface area contributed by atoms with Crippen molar-refractivity contribution in [2.45, 2.75) is 44.6 Å². The molecule has 5 unspecified atom stereocenters. The summed E-state index contributed by atoms with van der Waals surface area (Å²) in [5.74, 6) is 6.06. The minimum absolute atomic E-state index is 0.511. The summed E-state index contributed by atoms with van der Waals surface area (Å²) in [6.45, 7) is 1.94. The lowest BCUT2D eigenvalue weighted by Gasteiger charge is -2.26. The maximum atomic E-state index is 6.51. The third kappa shape index (κ3) is 1.67. The van der Waals surface area contributed by atoms with E-state index in [0.29, 0.717) is 6.04 Å². The van der Waals surface area contributed by atoms with Gasteiger partial charge in [-0.3, -0.25) is 0 Å². The molecule has 1 saturated heterocycles. The first-order chi connectivity index (χ1) is 8.34. The van der Waals surface area contributed by atoms with Crippen LogP contribution in [0, 0.1) is 35.5 Å². The van der Waals surface area contributed by atoms with E-state index in [-0.39, 0.29) is 0 Å². The number of hydrogen-bond donors (Lipinski definition) is 1. The van der Waals surface area contributed by atoms with Crippen molar-refractivity contribution in [1.29, 1.82) is 0 Å². The summed E-state index contributed by atoms with van der Waals surface area (Å²) in [4.78, 5) is 0. The van der Waals surface area contributed by atoms with Crippen molar-refractivity contribution in [3.63, 3.8) is 0 Å². The van der Waals surface area contributed by atoms with Gasteiger partial charge in [0.25, 0.3) is 0 Å². The molecule has 4 rings (SSSR count). The maximum absolute atomic E-state index is 6.51. The first-order valence-corrected chi connectivity index (χ1v) is 7.68. The molecule has 2 N–H and O–H groups in total. The predicted molar refractivity (Wildman–Crippen MR) is 67.4 cm³/mol. The van der Waals surface area contributed by atoms with E-state index in [0.717, 1.165) is 48.7 Å². The van der Waals surface area contributed by atoms with Crippen molar-refractivity contribution in [3.8, 4) is 0 Å². The molecule has 4 fully saturated rings. The molecule has 2 heteroatoms. The van der Waals surface area contributed by atoms with Crippen LogP contribution in [0.2, 0.25) is 0 Å². The van der Waals surface area contributed by atoms with E-state index in [1.807, 2.05) is 0 Å². The zero-order chi connectivity index (χ0) is 11.4. The van der Waals surface area contributed by atoms with Crippen LogP contribution in [0.5, 0.6) is 0 Å². The van der Waals surface area contributed by atoms with Gasteiger partial charge in [0.1, 0.15) is 0 Å². The summed E-state index contributed by atoms with van der Waals surface area (Å²) in [7, 11) is 0. The monoisotopic (exact) mass is 235 g/mol. The minimum Gasteiger partial charge on any atom is -0.381 e. The highest BCUT2D eigenvalue weighted by atomic mass is 16.5. The molecule has 5 atom stereocenters. The Labute approximate surface area is 104 Å². The lowest BCUT2D eigenvalue weighted by atomic mass is 9.88. The smallest absolute Gasteiger partial charge is 0.0468 e. The summed E-state index contributed by atoms with van der Waals surface area (Å²) in [5, 5.41) is 0. The molecule has 4 aliphatic rings. The van der Waals surface area contributed by atoms with Crippen molar-refractivity contribution in [3.05, 3.63) is 0 Å². The largest absolute Gasteiger partial charge is 0.381 e. The van der Waals surface area contributed by atoms with Gasteiger partial charge < -0.3 is 10.5 Å². The fourth-order valence-electron chi connectivity index (χ4n) is 5.49. The molecule has 1 aliphatic heterocycles. The molecule has 0 aromatic carbocycles. The second-order valence-corrected chi connectivity index (χ2v) is 7.02. The summed E-state index contributed by atoms with van der Waals surface area (Å²) in [6, 6.07) is 0.511. The summed E-state index contributed by atoms with van der Waals surface area (Å²) >= 11 is 0. The first kappa shape index (κ1) is 10.8. The number of fused-ring (bicyclic) bond motifs is 5. The van der Waals surface area contributed by atoms with E-state index in [1.54, 1.807) is 6.42 Å². The van der Waals surface area contributed by atoms with Crippen molar-refractivity contribution >= 4 is 0 Å². The Bertz CT molecular complexity index is 283. The average Bonchev–Trinajstić information content (AvgIpc) is 2.80. The van der Waals surface area contributed by atoms with Crippen LogP contribution in [0.25, 0.3) is 0 Å². The molecule has 0 spiro atoms. The molecule has 3 aliphatic carbocycles. The van der Waals surface area contributed by atoms with E-state index in [9.17, 15) is 0 Å². The van der Waals surface area contributed by atoms with Gasteiger partial charge in [0.2, 0.25) is 0 Å². The van der Waals surface area contributed by atoms with Crippen molar-refractivity contribution in [2.24, 2.45) is 41.2 Å². The standard InChI is InChI=1S/C15H25NO/c16-12(7-9-3-5-17-6-4-9)15-13-10-1-2-11(8-10)14(13)15/h9-15H,1-8,16H2. The van der Waals surface area contributed by atoms with Gasteiger partial charge in [-0.2, -0.15) is 0 Å². The maximum Gasteiger partial charge on any atom is 0.0468 e. The van der Waals surface area contributed by atoms with Gasteiger partial charge >= 0.3 is 0 Å². The van der Waals surface area contributed by atoms with E-state index >= 15 is 0 Å². The third-order valence-electron chi connectivity index (χ3n) is 6.24. The van der Waals surface area contributed by atoms with Gasteiger partial charge in [0.15, 0.2) is 0 Å². The fourth-order valence-corrected chi connectivity index (χ4v) is 5.49. The number of rotatable bonds is 3. The summed E-state index contributed by atoms with van der Waals surface area (Å²) in [6.07, 6.45) is 8.38. The second kappa shape index (κ2) is 3.96. The summed E-state index contributed by atoms with van der Waals surface area (Å²) in [5.41, 5.74) is 6.51. The molecule has 96 valence electrons. The van der Waals surface area contributed by atoms with Gasteiger partial charge in [-0.25, -0.2) is 0 Å². The van der Waals surface area contributed by atoms with Gasteiger partial charge in [0, 0.05) is 19.3 Å². The quantitative estimate of drug-likeness (QED) is 0.815.